The molecule has 0 unspecified atom stereocenters. The first-order chi connectivity index (χ1) is 13.5. The van der Waals surface area contributed by atoms with Crippen LogP contribution in [0.4, 0.5) is 13.2 Å². The summed E-state index contributed by atoms with van der Waals surface area (Å²) in [5, 5.41) is 8.91. The van der Waals surface area contributed by atoms with E-state index in [1.165, 1.54) is 10.9 Å². The molecule has 1 aromatic carbocycles. The number of alkyl halides is 3. The van der Waals surface area contributed by atoms with Crippen LogP contribution in [0.3, 0.4) is 0 Å². The fourth-order valence-electron chi connectivity index (χ4n) is 2.83. The zero-order valence-electron chi connectivity index (χ0n) is 15.4. The molecule has 28 heavy (non-hydrogen) atoms. The van der Waals surface area contributed by atoms with Gasteiger partial charge in [0.15, 0.2) is 11.7 Å². The molecule has 0 atom stereocenters. The maximum Gasteiger partial charge on any atom is 0.434 e. The summed E-state index contributed by atoms with van der Waals surface area (Å²) in [7, 11) is 0. The van der Waals surface area contributed by atoms with Crippen LogP contribution in [0.5, 0.6) is 0 Å². The van der Waals surface area contributed by atoms with Gasteiger partial charge >= 0.3 is 6.18 Å². The number of benzene rings is 1. The Bertz CT molecular complexity index is 929. The van der Waals surface area contributed by atoms with E-state index in [0.717, 1.165) is 35.1 Å². The van der Waals surface area contributed by atoms with E-state index >= 15 is 0 Å². The van der Waals surface area contributed by atoms with Crippen molar-refractivity contribution in [2.45, 2.75) is 32.5 Å². The van der Waals surface area contributed by atoms with E-state index in [4.69, 9.17) is 0 Å². The Morgan fingerprint density at radius 2 is 2.07 bits per heavy atom. The largest absolute Gasteiger partial charge is 0.434 e. The quantitative estimate of drug-likeness (QED) is 0.309. The van der Waals surface area contributed by atoms with Gasteiger partial charge in [0.05, 0.1) is 6.54 Å². The Balaban J connectivity index is 1.51. The Morgan fingerprint density at radius 3 is 2.82 bits per heavy atom. The van der Waals surface area contributed by atoms with Gasteiger partial charge in [-0.2, -0.15) is 13.2 Å². The molecule has 150 valence electrons. The molecule has 0 saturated heterocycles. The van der Waals surface area contributed by atoms with Crippen molar-refractivity contribution >= 4 is 28.2 Å². The van der Waals surface area contributed by atoms with Crippen molar-refractivity contribution in [2.75, 3.05) is 13.1 Å². The molecule has 0 aliphatic heterocycles. The average molecular weight is 409 g/mol. The molecule has 0 fully saturated rings. The molecule has 3 N–H and O–H groups in total. The van der Waals surface area contributed by atoms with Crippen molar-refractivity contribution < 1.29 is 13.2 Å². The number of rotatable bonds is 7. The first-order valence-corrected chi connectivity index (χ1v) is 9.94. The van der Waals surface area contributed by atoms with Crippen molar-refractivity contribution in [1.29, 1.82) is 0 Å². The van der Waals surface area contributed by atoms with E-state index in [9.17, 15) is 13.2 Å². The second-order valence-corrected chi connectivity index (χ2v) is 7.15. The molecule has 0 aliphatic carbocycles. The van der Waals surface area contributed by atoms with Gasteiger partial charge in [-0.15, -0.1) is 11.3 Å². The van der Waals surface area contributed by atoms with Crippen molar-refractivity contribution in [2.24, 2.45) is 4.99 Å². The lowest BCUT2D eigenvalue weighted by Gasteiger charge is -2.10. The lowest BCUT2D eigenvalue weighted by Crippen LogP contribution is -2.37. The van der Waals surface area contributed by atoms with Gasteiger partial charge in [0.2, 0.25) is 0 Å². The van der Waals surface area contributed by atoms with Gasteiger partial charge in [0.25, 0.3) is 0 Å². The number of thiazole rings is 1. The minimum atomic E-state index is -4.41. The number of aryl methyl sites for hydroxylation is 1. The summed E-state index contributed by atoms with van der Waals surface area (Å²) >= 11 is 0.967. The molecule has 9 heteroatoms. The van der Waals surface area contributed by atoms with E-state index < -0.39 is 11.9 Å². The average Bonchev–Trinajstić information content (AvgIpc) is 3.30. The molecule has 3 rings (SSSR count). The van der Waals surface area contributed by atoms with Crippen molar-refractivity contribution in [1.82, 2.24) is 20.6 Å². The fraction of sp³-hybridized carbons (Fsp3) is 0.368. The third-order valence-corrected chi connectivity index (χ3v) is 4.98. The van der Waals surface area contributed by atoms with Crippen LogP contribution in [0.25, 0.3) is 10.9 Å². The van der Waals surface area contributed by atoms with Gasteiger partial charge in [-0.1, -0.05) is 18.2 Å². The number of fused-ring (bicyclic) bond motifs is 1. The summed E-state index contributed by atoms with van der Waals surface area (Å²) in [6.45, 7) is 3.42. The maximum atomic E-state index is 12.6. The predicted octanol–water partition coefficient (Wildman–Crippen LogP) is 4.33. The van der Waals surface area contributed by atoms with Gasteiger partial charge in [-0.25, -0.2) is 9.98 Å². The molecule has 0 radical (unpaired) electrons. The van der Waals surface area contributed by atoms with Gasteiger partial charge < -0.3 is 15.6 Å². The number of hydrogen-bond acceptors (Lipinski definition) is 3. The van der Waals surface area contributed by atoms with Crippen LogP contribution < -0.4 is 10.6 Å². The van der Waals surface area contributed by atoms with Gasteiger partial charge in [-0.3, -0.25) is 0 Å². The molecule has 0 aliphatic rings. The zero-order chi connectivity index (χ0) is 20.0. The summed E-state index contributed by atoms with van der Waals surface area (Å²) in [5.74, 6) is 0.574. The highest BCUT2D eigenvalue weighted by Gasteiger charge is 2.33. The Kier molecular flexibility index (Phi) is 6.56. The number of para-hydroxylation sites is 1. The topological polar surface area (TPSA) is 65.1 Å². The molecule has 2 aromatic heterocycles. The lowest BCUT2D eigenvalue weighted by molar-refractivity contribution is -0.140. The van der Waals surface area contributed by atoms with Crippen LogP contribution in [0.15, 0.2) is 40.8 Å². The van der Waals surface area contributed by atoms with Crippen molar-refractivity contribution in [3.63, 3.8) is 0 Å². The van der Waals surface area contributed by atoms with Crippen LogP contribution in [-0.2, 0) is 19.1 Å². The number of aliphatic imine (C=N–C) groups is 1. The van der Waals surface area contributed by atoms with Crippen molar-refractivity contribution in [3.05, 3.63) is 52.1 Å². The number of nitrogens with zero attached hydrogens (tertiary/aromatic N) is 2. The van der Waals surface area contributed by atoms with Crippen LogP contribution in [0.2, 0.25) is 0 Å². The first kappa shape index (κ1) is 20.2. The normalized spacial score (nSPS) is 12.5. The minimum absolute atomic E-state index is 0.110. The summed E-state index contributed by atoms with van der Waals surface area (Å²) in [6, 6.07) is 8.18. The third-order valence-electron chi connectivity index (χ3n) is 4.15. The van der Waals surface area contributed by atoms with Crippen LogP contribution in [0.1, 0.15) is 29.6 Å². The van der Waals surface area contributed by atoms with E-state index in [2.05, 4.69) is 37.7 Å². The molecule has 0 amide bonds. The smallest absolute Gasteiger partial charge is 0.361 e. The highest BCUT2D eigenvalue weighted by molar-refractivity contribution is 7.09. The van der Waals surface area contributed by atoms with Gasteiger partial charge in [-0.05, 0) is 31.4 Å². The second-order valence-electron chi connectivity index (χ2n) is 6.21. The Labute approximate surface area is 165 Å². The first-order valence-electron chi connectivity index (χ1n) is 9.06. The zero-order valence-corrected chi connectivity index (χ0v) is 16.3. The molecular formula is C19H22F3N5S. The predicted molar refractivity (Wildman–Crippen MR) is 107 cm³/mol. The van der Waals surface area contributed by atoms with Gasteiger partial charge in [0, 0.05) is 35.6 Å². The van der Waals surface area contributed by atoms with Gasteiger partial charge in [0.1, 0.15) is 5.01 Å². The number of halogens is 3. The van der Waals surface area contributed by atoms with E-state index in [-0.39, 0.29) is 6.54 Å². The number of H-pyrrole nitrogens is 1. The van der Waals surface area contributed by atoms with Crippen LogP contribution in [-0.4, -0.2) is 29.0 Å². The highest BCUT2D eigenvalue weighted by Crippen LogP contribution is 2.30. The fourth-order valence-corrected chi connectivity index (χ4v) is 3.55. The number of aromatic nitrogens is 2. The third kappa shape index (κ3) is 5.25. The number of nitrogens with one attached hydrogen (secondary N) is 3. The van der Waals surface area contributed by atoms with Crippen molar-refractivity contribution in [3.8, 4) is 0 Å². The van der Waals surface area contributed by atoms with Crippen LogP contribution >= 0.6 is 11.3 Å². The van der Waals surface area contributed by atoms with E-state index in [0.29, 0.717) is 24.1 Å². The molecular weight excluding hydrogens is 387 g/mol. The lowest BCUT2D eigenvalue weighted by atomic mass is 10.1. The Hall–Kier alpha value is -2.55. The SMILES string of the molecule is CCNC(=NCc1nc(C(F)(F)F)cs1)NCCCc1c[nH]c2ccccc12. The maximum absolute atomic E-state index is 12.6. The van der Waals surface area contributed by atoms with Crippen LogP contribution in [0, 0.1) is 0 Å². The molecule has 0 saturated carbocycles. The summed E-state index contributed by atoms with van der Waals surface area (Å²) in [5.41, 5.74) is 1.53. The minimum Gasteiger partial charge on any atom is -0.361 e. The molecule has 2 heterocycles. The van der Waals surface area contributed by atoms with E-state index in [1.54, 1.807) is 0 Å². The number of guanidine groups is 1. The highest BCUT2D eigenvalue weighted by atomic mass is 32.1. The standard InChI is InChI=1S/C19H22F3N5S/c1-2-23-18(26-11-17-27-16(12-28-17)19(20,21)22)24-9-5-6-13-10-25-15-8-4-3-7-14(13)15/h3-4,7-8,10,12,25H,2,5-6,9,11H2,1H3,(H2,23,24,26). The Morgan fingerprint density at radius 1 is 1.25 bits per heavy atom. The summed E-state index contributed by atoms with van der Waals surface area (Å²) in [4.78, 5) is 11.2. The summed E-state index contributed by atoms with van der Waals surface area (Å²) < 4.78 is 37.9. The number of aromatic amines is 1. The molecule has 3 aromatic rings. The molecule has 0 spiro atoms. The molecule has 0 bridgehead atoms. The van der Waals surface area contributed by atoms with E-state index in [1.807, 2.05) is 25.3 Å². The number of hydrogen-bond donors (Lipinski definition) is 3. The summed E-state index contributed by atoms with van der Waals surface area (Å²) in [6.07, 6.45) is -0.562. The second kappa shape index (κ2) is 9.09. The monoisotopic (exact) mass is 409 g/mol. The molecule has 5 nitrogen and oxygen atoms in total.